The normalized spacial score (nSPS) is 23.0. The number of hydrogen-bond donors (Lipinski definition) is 0. The van der Waals surface area contributed by atoms with E-state index in [0.29, 0.717) is 11.8 Å². The Balaban J connectivity index is 1.94. The van der Waals surface area contributed by atoms with E-state index in [4.69, 9.17) is 19.7 Å². The van der Waals surface area contributed by atoms with E-state index in [1.165, 1.54) is 5.56 Å². The zero-order valence-electron chi connectivity index (χ0n) is 13.3. The topological polar surface area (TPSA) is 26.3 Å². The Labute approximate surface area is 140 Å². The van der Waals surface area contributed by atoms with E-state index in [9.17, 15) is 4.79 Å². The van der Waals surface area contributed by atoms with E-state index in [1.54, 1.807) is 0 Å². The molecular formula is C18H24BClO2. The fourth-order valence-electron chi connectivity index (χ4n) is 3.65. The summed E-state index contributed by atoms with van der Waals surface area (Å²) < 4.78 is 4.53. The second kappa shape index (κ2) is 8.62. The highest BCUT2D eigenvalue weighted by atomic mass is 35.5. The zero-order valence-corrected chi connectivity index (χ0v) is 14.0. The molecule has 118 valence electrons. The molecule has 0 spiro atoms. The first-order chi connectivity index (χ1) is 10.7. The lowest BCUT2D eigenvalue weighted by atomic mass is 9.72. The van der Waals surface area contributed by atoms with Gasteiger partial charge >= 0.3 is 8.05 Å². The maximum Gasteiger partial charge on any atom is 0.378 e. The lowest BCUT2D eigenvalue weighted by molar-refractivity contribution is -0.141. The molecule has 0 heterocycles. The van der Waals surface area contributed by atoms with Crippen molar-refractivity contribution in [1.82, 2.24) is 0 Å². The molecule has 1 unspecified atom stereocenters. The van der Waals surface area contributed by atoms with Gasteiger partial charge in [0.25, 0.3) is 5.97 Å². The van der Waals surface area contributed by atoms with Gasteiger partial charge < -0.3 is 4.65 Å². The lowest BCUT2D eigenvalue weighted by Crippen LogP contribution is -2.28. The number of benzene rings is 1. The van der Waals surface area contributed by atoms with E-state index in [0.717, 1.165) is 50.0 Å². The summed E-state index contributed by atoms with van der Waals surface area (Å²) in [5.41, 5.74) is 1.36. The summed E-state index contributed by atoms with van der Waals surface area (Å²) >= 11 is 5.95. The molecule has 2 rings (SSSR count). The molecule has 2 nitrogen and oxygen atoms in total. The molecule has 1 aliphatic carbocycles. The van der Waals surface area contributed by atoms with E-state index in [-0.39, 0.29) is 11.9 Å². The van der Waals surface area contributed by atoms with Gasteiger partial charge in [-0.3, -0.25) is 4.79 Å². The Morgan fingerprint density at radius 3 is 2.45 bits per heavy atom. The molecule has 0 saturated heterocycles. The van der Waals surface area contributed by atoms with Crippen LogP contribution in [0.15, 0.2) is 24.3 Å². The van der Waals surface area contributed by atoms with Crippen molar-refractivity contribution in [3.8, 4) is 0 Å². The van der Waals surface area contributed by atoms with Gasteiger partial charge in [0, 0.05) is 5.02 Å². The zero-order chi connectivity index (χ0) is 15.9. The molecule has 1 aromatic carbocycles. The minimum atomic E-state index is -0.233. The van der Waals surface area contributed by atoms with Crippen LogP contribution in [0.2, 0.25) is 5.02 Å². The molecular weight excluding hydrogens is 294 g/mol. The van der Waals surface area contributed by atoms with Gasteiger partial charge in [-0.1, -0.05) is 43.5 Å². The van der Waals surface area contributed by atoms with Crippen LogP contribution in [-0.2, 0) is 9.45 Å². The van der Waals surface area contributed by atoms with Crippen LogP contribution >= 0.6 is 11.6 Å². The van der Waals surface area contributed by atoms with Crippen LogP contribution in [0.25, 0.3) is 0 Å². The van der Waals surface area contributed by atoms with Crippen molar-refractivity contribution in [1.29, 1.82) is 0 Å². The predicted molar refractivity (Wildman–Crippen MR) is 91.0 cm³/mol. The first-order valence-electron chi connectivity index (χ1n) is 8.31. The molecule has 1 saturated carbocycles. The number of rotatable bonds is 6. The van der Waals surface area contributed by atoms with Gasteiger partial charge in [0.1, 0.15) is 0 Å². The smallest absolute Gasteiger partial charge is 0.378 e. The SMILES string of the molecule is [B]OC(=O)C(CCCC)C1CCC(c2ccc(Cl)cc2)CC1. The summed E-state index contributed by atoms with van der Waals surface area (Å²) in [7, 11) is 5.12. The Bertz CT molecular complexity index is 466. The van der Waals surface area contributed by atoms with Crippen LogP contribution in [-0.4, -0.2) is 14.0 Å². The third kappa shape index (κ3) is 4.52. The largest absolute Gasteiger partial charge is 0.543 e. The van der Waals surface area contributed by atoms with Gasteiger partial charge in [-0.15, -0.1) is 0 Å². The summed E-state index contributed by atoms with van der Waals surface area (Å²) in [4.78, 5) is 11.9. The third-order valence-corrected chi connectivity index (χ3v) is 5.22. The minimum absolute atomic E-state index is 0.0314. The van der Waals surface area contributed by atoms with Crippen molar-refractivity contribution in [2.75, 3.05) is 0 Å². The van der Waals surface area contributed by atoms with Gasteiger partial charge in [-0.25, -0.2) is 0 Å². The van der Waals surface area contributed by atoms with E-state index >= 15 is 0 Å². The molecule has 4 heteroatoms. The predicted octanol–water partition coefficient (Wildman–Crippen LogP) is 5.05. The summed E-state index contributed by atoms with van der Waals surface area (Å²) in [6.45, 7) is 2.14. The van der Waals surface area contributed by atoms with Crippen LogP contribution in [0.4, 0.5) is 0 Å². The molecule has 1 aliphatic rings. The summed E-state index contributed by atoms with van der Waals surface area (Å²) in [5.74, 6) is 0.722. The lowest BCUT2D eigenvalue weighted by Gasteiger charge is -2.33. The van der Waals surface area contributed by atoms with Gasteiger partial charge in [0.2, 0.25) is 0 Å². The maximum absolute atomic E-state index is 11.9. The van der Waals surface area contributed by atoms with Crippen LogP contribution < -0.4 is 0 Å². The van der Waals surface area contributed by atoms with Gasteiger partial charge in [-0.05, 0) is 61.6 Å². The van der Waals surface area contributed by atoms with Gasteiger partial charge in [-0.2, -0.15) is 0 Å². The van der Waals surface area contributed by atoms with Crippen molar-refractivity contribution >= 4 is 25.6 Å². The Hall–Kier alpha value is -0.955. The Kier molecular flexibility index (Phi) is 6.82. The molecule has 0 N–H and O–H groups in total. The number of carbonyl (C=O) groups is 1. The van der Waals surface area contributed by atoms with E-state index < -0.39 is 0 Å². The number of halogens is 1. The third-order valence-electron chi connectivity index (χ3n) is 4.97. The molecule has 1 fully saturated rings. The molecule has 0 amide bonds. The van der Waals surface area contributed by atoms with Crippen molar-refractivity contribution in [2.24, 2.45) is 11.8 Å². The van der Waals surface area contributed by atoms with E-state index in [1.807, 2.05) is 12.1 Å². The standard InChI is InChI=1S/C18H24BClO2/c1-2-3-4-17(18(21)22-19)15-7-5-13(6-8-15)14-9-11-16(20)12-10-14/h9-13,15,17H,2-8H2,1H3. The second-order valence-corrected chi connectivity index (χ2v) is 6.79. The minimum Gasteiger partial charge on any atom is -0.543 e. The number of carbonyl (C=O) groups excluding carboxylic acids is 1. The molecule has 22 heavy (non-hydrogen) atoms. The van der Waals surface area contributed by atoms with Gasteiger partial charge in [0.15, 0.2) is 0 Å². The fourth-order valence-corrected chi connectivity index (χ4v) is 3.77. The highest BCUT2D eigenvalue weighted by Gasteiger charge is 2.32. The molecule has 0 aromatic heterocycles. The molecule has 0 aliphatic heterocycles. The number of unbranched alkanes of at least 4 members (excludes halogenated alkanes) is 1. The maximum atomic E-state index is 11.9. The molecule has 0 bridgehead atoms. The molecule has 1 atom stereocenters. The molecule has 2 radical (unpaired) electrons. The Morgan fingerprint density at radius 2 is 1.91 bits per heavy atom. The second-order valence-electron chi connectivity index (χ2n) is 6.35. The Morgan fingerprint density at radius 1 is 1.27 bits per heavy atom. The average Bonchev–Trinajstić information content (AvgIpc) is 2.56. The highest BCUT2D eigenvalue weighted by Crippen LogP contribution is 2.40. The first kappa shape index (κ1) is 17.4. The van der Waals surface area contributed by atoms with Crippen molar-refractivity contribution in [2.45, 2.75) is 57.8 Å². The van der Waals surface area contributed by atoms with Crippen LogP contribution in [0.5, 0.6) is 0 Å². The van der Waals surface area contributed by atoms with E-state index in [2.05, 4.69) is 23.7 Å². The van der Waals surface area contributed by atoms with Crippen molar-refractivity contribution in [3.63, 3.8) is 0 Å². The quantitative estimate of drug-likeness (QED) is 0.686. The van der Waals surface area contributed by atoms with Crippen molar-refractivity contribution in [3.05, 3.63) is 34.9 Å². The van der Waals surface area contributed by atoms with Gasteiger partial charge in [0.05, 0.1) is 5.92 Å². The number of hydrogen-bond acceptors (Lipinski definition) is 2. The highest BCUT2D eigenvalue weighted by molar-refractivity contribution is 6.30. The first-order valence-corrected chi connectivity index (χ1v) is 8.69. The van der Waals surface area contributed by atoms with Crippen molar-refractivity contribution < 1.29 is 9.45 Å². The van der Waals surface area contributed by atoms with Crippen LogP contribution in [0.3, 0.4) is 0 Å². The molecule has 1 aromatic rings. The van der Waals surface area contributed by atoms with Crippen LogP contribution in [0, 0.1) is 11.8 Å². The summed E-state index contributed by atoms with van der Waals surface area (Å²) in [5, 5.41) is 0.780. The average molecular weight is 319 g/mol. The van der Waals surface area contributed by atoms with Crippen LogP contribution in [0.1, 0.15) is 63.4 Å². The monoisotopic (exact) mass is 318 g/mol. The summed E-state index contributed by atoms with van der Waals surface area (Å²) in [6, 6.07) is 8.16. The fraction of sp³-hybridized carbons (Fsp3) is 0.611. The summed E-state index contributed by atoms with van der Waals surface area (Å²) in [6.07, 6.45) is 7.40.